The summed E-state index contributed by atoms with van der Waals surface area (Å²) in [6.45, 7) is 3.97. The molecule has 1 N–H and O–H groups in total. The van der Waals surface area contributed by atoms with Crippen molar-refractivity contribution in [2.24, 2.45) is 0 Å². The molecular weight excluding hydrogens is 341 g/mol. The maximum absolute atomic E-state index is 13.4. The molecule has 0 saturated carbocycles. The van der Waals surface area contributed by atoms with Crippen molar-refractivity contribution in [3.63, 3.8) is 0 Å². The Bertz CT molecular complexity index is 1030. The van der Waals surface area contributed by atoms with Gasteiger partial charge in [0.05, 0.1) is 17.0 Å². The normalized spacial score (nSPS) is 10.4. The monoisotopic (exact) mass is 359 g/mol. The maximum Gasteiger partial charge on any atom is 0.382 e. The Kier molecular flexibility index (Phi) is 5.33. The molecule has 3 rings (SSSR count). The lowest BCUT2D eigenvalue weighted by atomic mass is 9.92. The molecule has 1 aromatic heterocycles. The van der Waals surface area contributed by atoms with Crippen LogP contribution in [0.25, 0.3) is 22.4 Å². The van der Waals surface area contributed by atoms with E-state index in [1.165, 1.54) is 12.1 Å². The van der Waals surface area contributed by atoms with Crippen molar-refractivity contribution in [3.8, 4) is 34.2 Å². The van der Waals surface area contributed by atoms with Gasteiger partial charge in [0.15, 0.2) is 0 Å². The molecule has 0 saturated heterocycles. The Morgan fingerprint density at radius 3 is 2.30 bits per heavy atom. The Hall–Kier alpha value is -3.45. The van der Waals surface area contributed by atoms with E-state index in [1.807, 2.05) is 50.2 Å². The standard InChI is InChI=1S/C23H18FNO2/c1-15(2)23-19(12-13-22(26)27)20(16-8-10-18(24)11-9-16)14-21(25-23)17-6-4-3-5-7-17/h3-11,14-15H,1-2H3,(H,26,27). The summed E-state index contributed by atoms with van der Waals surface area (Å²) in [5.74, 6) is 3.43. The van der Waals surface area contributed by atoms with E-state index < -0.39 is 5.97 Å². The fraction of sp³-hybridized carbons (Fsp3) is 0.130. The van der Waals surface area contributed by atoms with E-state index in [2.05, 4.69) is 11.8 Å². The van der Waals surface area contributed by atoms with Gasteiger partial charge < -0.3 is 5.11 Å². The highest BCUT2D eigenvalue weighted by Crippen LogP contribution is 2.33. The number of carboxylic acid groups (broad SMARTS) is 1. The van der Waals surface area contributed by atoms with Crippen LogP contribution < -0.4 is 0 Å². The van der Waals surface area contributed by atoms with Crippen molar-refractivity contribution in [3.05, 3.63) is 77.7 Å². The van der Waals surface area contributed by atoms with Crippen molar-refractivity contribution in [1.82, 2.24) is 4.98 Å². The third-order valence-corrected chi connectivity index (χ3v) is 4.11. The van der Waals surface area contributed by atoms with E-state index >= 15 is 0 Å². The highest BCUT2D eigenvalue weighted by atomic mass is 19.1. The summed E-state index contributed by atoms with van der Waals surface area (Å²) in [6, 6.07) is 17.7. The van der Waals surface area contributed by atoms with Crippen LogP contribution in [-0.2, 0) is 4.79 Å². The lowest BCUT2D eigenvalue weighted by Gasteiger charge is -2.16. The summed E-state index contributed by atoms with van der Waals surface area (Å²) in [5.41, 5.74) is 4.47. The Morgan fingerprint density at radius 1 is 1.04 bits per heavy atom. The minimum absolute atomic E-state index is 0.0333. The number of hydrogen-bond acceptors (Lipinski definition) is 2. The zero-order chi connectivity index (χ0) is 19.4. The number of carbonyl (C=O) groups is 1. The first-order valence-electron chi connectivity index (χ1n) is 8.57. The number of aromatic nitrogens is 1. The van der Waals surface area contributed by atoms with Crippen LogP contribution in [0.2, 0.25) is 0 Å². The second-order valence-electron chi connectivity index (χ2n) is 6.40. The lowest BCUT2D eigenvalue weighted by Crippen LogP contribution is -2.03. The van der Waals surface area contributed by atoms with Gasteiger partial charge in [-0.2, -0.15) is 0 Å². The van der Waals surface area contributed by atoms with Gasteiger partial charge in [-0.15, -0.1) is 0 Å². The molecule has 0 aliphatic carbocycles. The third-order valence-electron chi connectivity index (χ3n) is 4.11. The predicted molar refractivity (Wildman–Crippen MR) is 104 cm³/mol. The van der Waals surface area contributed by atoms with Crippen molar-refractivity contribution >= 4 is 5.97 Å². The Labute approximate surface area is 157 Å². The minimum Gasteiger partial charge on any atom is -0.472 e. The van der Waals surface area contributed by atoms with E-state index in [9.17, 15) is 9.18 Å². The molecule has 0 aliphatic heterocycles. The smallest absolute Gasteiger partial charge is 0.382 e. The molecule has 0 amide bonds. The van der Waals surface area contributed by atoms with Crippen LogP contribution in [0, 0.1) is 17.7 Å². The number of hydrogen-bond donors (Lipinski definition) is 1. The predicted octanol–water partition coefficient (Wildman–Crippen LogP) is 5.11. The summed E-state index contributed by atoms with van der Waals surface area (Å²) in [6.07, 6.45) is 0. The fourth-order valence-electron chi connectivity index (χ4n) is 2.84. The van der Waals surface area contributed by atoms with Crippen molar-refractivity contribution in [2.45, 2.75) is 19.8 Å². The first-order chi connectivity index (χ1) is 13.0. The molecule has 0 spiro atoms. The van der Waals surface area contributed by atoms with Gasteiger partial charge in [-0.1, -0.05) is 62.2 Å². The van der Waals surface area contributed by atoms with Crippen LogP contribution in [0.15, 0.2) is 60.7 Å². The van der Waals surface area contributed by atoms with E-state index in [1.54, 1.807) is 12.1 Å². The molecule has 27 heavy (non-hydrogen) atoms. The van der Waals surface area contributed by atoms with Crippen LogP contribution >= 0.6 is 0 Å². The molecule has 0 radical (unpaired) electrons. The molecule has 0 bridgehead atoms. The third kappa shape index (κ3) is 4.21. The number of benzene rings is 2. The van der Waals surface area contributed by atoms with Crippen LogP contribution in [0.3, 0.4) is 0 Å². The fourth-order valence-corrected chi connectivity index (χ4v) is 2.84. The van der Waals surface area contributed by atoms with Crippen LogP contribution in [0.5, 0.6) is 0 Å². The average molecular weight is 359 g/mol. The molecule has 0 aliphatic rings. The summed E-state index contributed by atoms with van der Waals surface area (Å²) >= 11 is 0. The Balaban J connectivity index is 2.32. The van der Waals surface area contributed by atoms with Gasteiger partial charge in [0.2, 0.25) is 0 Å². The molecular formula is C23H18FNO2. The maximum atomic E-state index is 13.4. The molecule has 3 nitrogen and oxygen atoms in total. The largest absolute Gasteiger partial charge is 0.472 e. The Morgan fingerprint density at radius 2 is 1.70 bits per heavy atom. The molecule has 4 heteroatoms. The first-order valence-corrected chi connectivity index (χ1v) is 8.57. The summed E-state index contributed by atoms with van der Waals surface area (Å²) in [7, 11) is 0. The summed E-state index contributed by atoms with van der Waals surface area (Å²) in [4.78, 5) is 15.7. The van der Waals surface area contributed by atoms with Crippen LogP contribution in [0.4, 0.5) is 4.39 Å². The quantitative estimate of drug-likeness (QED) is 0.661. The topological polar surface area (TPSA) is 50.2 Å². The van der Waals surface area contributed by atoms with Crippen molar-refractivity contribution < 1.29 is 14.3 Å². The molecule has 3 aromatic rings. The van der Waals surface area contributed by atoms with Crippen molar-refractivity contribution in [1.29, 1.82) is 0 Å². The molecule has 1 heterocycles. The zero-order valence-electron chi connectivity index (χ0n) is 15.0. The number of rotatable bonds is 3. The molecule has 2 aromatic carbocycles. The molecule has 134 valence electrons. The van der Waals surface area contributed by atoms with Gasteiger partial charge in [-0.3, -0.25) is 4.98 Å². The van der Waals surface area contributed by atoms with E-state index in [0.29, 0.717) is 11.3 Å². The highest BCUT2D eigenvalue weighted by molar-refractivity contribution is 5.88. The number of halogens is 1. The van der Waals surface area contributed by atoms with E-state index in [0.717, 1.165) is 22.4 Å². The number of carboxylic acids is 1. The molecule has 0 fully saturated rings. The molecule has 0 atom stereocenters. The highest BCUT2D eigenvalue weighted by Gasteiger charge is 2.16. The number of nitrogens with zero attached hydrogens (tertiary/aromatic N) is 1. The second-order valence-corrected chi connectivity index (χ2v) is 6.40. The van der Waals surface area contributed by atoms with Crippen LogP contribution in [0.1, 0.15) is 31.0 Å². The number of pyridine rings is 1. The van der Waals surface area contributed by atoms with Crippen LogP contribution in [-0.4, -0.2) is 16.1 Å². The van der Waals surface area contributed by atoms with Gasteiger partial charge >= 0.3 is 5.97 Å². The van der Waals surface area contributed by atoms with Crippen molar-refractivity contribution in [2.75, 3.05) is 0 Å². The van der Waals surface area contributed by atoms with Gasteiger partial charge in [0.25, 0.3) is 0 Å². The van der Waals surface area contributed by atoms with E-state index in [-0.39, 0.29) is 11.7 Å². The zero-order valence-corrected chi connectivity index (χ0v) is 15.0. The molecule has 0 unspecified atom stereocenters. The lowest BCUT2D eigenvalue weighted by molar-refractivity contribution is -0.130. The van der Waals surface area contributed by atoms with Gasteiger partial charge in [0, 0.05) is 17.0 Å². The minimum atomic E-state index is -1.21. The summed E-state index contributed by atoms with van der Waals surface area (Å²) in [5, 5.41) is 8.99. The second kappa shape index (κ2) is 7.84. The SMILES string of the molecule is CC(C)c1nc(-c2ccccc2)cc(-c2ccc(F)cc2)c1C#CC(=O)O. The van der Waals surface area contributed by atoms with E-state index in [4.69, 9.17) is 10.1 Å². The average Bonchev–Trinajstić information content (AvgIpc) is 2.67. The first kappa shape index (κ1) is 18.3. The number of aliphatic carboxylic acids is 1. The van der Waals surface area contributed by atoms with Gasteiger partial charge in [0.1, 0.15) is 5.82 Å². The van der Waals surface area contributed by atoms with Gasteiger partial charge in [-0.25, -0.2) is 9.18 Å². The van der Waals surface area contributed by atoms with Gasteiger partial charge in [-0.05, 0) is 29.7 Å². The summed E-state index contributed by atoms with van der Waals surface area (Å²) < 4.78 is 13.4.